The van der Waals surface area contributed by atoms with Crippen molar-refractivity contribution in [3.8, 4) is 0 Å². The van der Waals surface area contributed by atoms with E-state index >= 15 is 0 Å². The topological polar surface area (TPSA) is 48.0 Å². The van der Waals surface area contributed by atoms with Crippen LogP contribution >= 0.6 is 0 Å². The van der Waals surface area contributed by atoms with Crippen molar-refractivity contribution < 1.29 is 8.94 Å². The maximum Gasteiger partial charge on any atom is 0.146 e. The van der Waals surface area contributed by atoms with E-state index in [1.807, 2.05) is 27.7 Å². The number of halogens is 1. The SMILES string of the molecule is CC[C@@H](N[S+]([O-])C(C)(C)C)c1ncccc1F. The van der Waals surface area contributed by atoms with E-state index in [4.69, 9.17) is 0 Å². The van der Waals surface area contributed by atoms with E-state index in [1.165, 1.54) is 6.07 Å². The summed E-state index contributed by atoms with van der Waals surface area (Å²) in [5, 5.41) is 0. The lowest BCUT2D eigenvalue weighted by Crippen LogP contribution is -2.41. The van der Waals surface area contributed by atoms with Gasteiger partial charge >= 0.3 is 0 Å². The van der Waals surface area contributed by atoms with Gasteiger partial charge in [-0.1, -0.05) is 6.92 Å². The quantitative estimate of drug-likeness (QED) is 0.845. The molecule has 2 atom stereocenters. The van der Waals surface area contributed by atoms with Gasteiger partial charge in [-0.2, -0.15) is 0 Å². The molecule has 0 saturated heterocycles. The summed E-state index contributed by atoms with van der Waals surface area (Å²) in [5.74, 6) is -0.363. The number of nitrogens with one attached hydrogen (secondary N) is 1. The molecule has 1 N–H and O–H groups in total. The van der Waals surface area contributed by atoms with Gasteiger partial charge in [-0.15, -0.1) is 4.72 Å². The molecule has 0 radical (unpaired) electrons. The third kappa shape index (κ3) is 3.94. The fourth-order valence-electron chi connectivity index (χ4n) is 1.29. The van der Waals surface area contributed by atoms with E-state index in [9.17, 15) is 8.94 Å². The van der Waals surface area contributed by atoms with Crippen LogP contribution in [0.2, 0.25) is 0 Å². The summed E-state index contributed by atoms with van der Waals surface area (Å²) in [4.78, 5) is 4.01. The molecule has 1 unspecified atom stereocenters. The maximum absolute atomic E-state index is 13.6. The number of hydrogen-bond acceptors (Lipinski definition) is 3. The maximum atomic E-state index is 13.6. The lowest BCUT2D eigenvalue weighted by atomic mass is 10.1. The van der Waals surface area contributed by atoms with Crippen molar-refractivity contribution in [1.29, 1.82) is 0 Å². The summed E-state index contributed by atoms with van der Waals surface area (Å²) >= 11 is -1.23. The Morgan fingerprint density at radius 2 is 2.18 bits per heavy atom. The molecule has 1 aromatic heterocycles. The zero-order valence-corrected chi connectivity index (χ0v) is 11.5. The Morgan fingerprint density at radius 3 is 2.65 bits per heavy atom. The molecule has 0 aliphatic carbocycles. The third-order valence-corrected chi connectivity index (χ3v) is 3.94. The number of nitrogens with zero attached hydrogens (tertiary/aromatic N) is 1. The normalized spacial score (nSPS) is 15.6. The molecule has 1 heterocycles. The van der Waals surface area contributed by atoms with Crippen LogP contribution in [0.1, 0.15) is 45.9 Å². The van der Waals surface area contributed by atoms with Crippen molar-refractivity contribution in [2.24, 2.45) is 0 Å². The first-order valence-electron chi connectivity index (χ1n) is 5.64. The van der Waals surface area contributed by atoms with Crippen molar-refractivity contribution in [2.45, 2.75) is 44.9 Å². The van der Waals surface area contributed by atoms with Crippen LogP contribution < -0.4 is 4.72 Å². The molecule has 3 nitrogen and oxygen atoms in total. The van der Waals surface area contributed by atoms with E-state index < -0.39 is 11.4 Å². The molecule has 0 aliphatic heterocycles. The highest BCUT2D eigenvalue weighted by molar-refractivity contribution is 7.90. The Bertz CT molecular complexity index is 368. The van der Waals surface area contributed by atoms with Crippen molar-refractivity contribution in [3.63, 3.8) is 0 Å². The molecule has 0 spiro atoms. The second-order valence-electron chi connectivity index (χ2n) is 4.83. The van der Waals surface area contributed by atoms with Gasteiger partial charge in [-0.25, -0.2) is 4.39 Å². The van der Waals surface area contributed by atoms with Crippen LogP contribution in [-0.2, 0) is 11.4 Å². The molecule has 17 heavy (non-hydrogen) atoms. The molecule has 0 fully saturated rings. The summed E-state index contributed by atoms with van der Waals surface area (Å²) < 4.78 is 28.1. The van der Waals surface area contributed by atoms with E-state index in [2.05, 4.69) is 9.71 Å². The number of pyridine rings is 1. The fourth-order valence-corrected chi connectivity index (χ4v) is 2.18. The predicted molar refractivity (Wildman–Crippen MR) is 68.3 cm³/mol. The first kappa shape index (κ1) is 14.4. The first-order valence-corrected chi connectivity index (χ1v) is 6.79. The van der Waals surface area contributed by atoms with Crippen molar-refractivity contribution in [1.82, 2.24) is 9.71 Å². The van der Waals surface area contributed by atoms with Gasteiger partial charge in [-0.05, 0) is 39.3 Å². The molecule has 0 amide bonds. The number of hydrogen-bond donors (Lipinski definition) is 1. The second kappa shape index (κ2) is 5.80. The predicted octanol–water partition coefficient (Wildman–Crippen LogP) is 2.72. The minimum Gasteiger partial charge on any atom is -0.598 e. The minimum atomic E-state index is -1.23. The first-order chi connectivity index (χ1) is 7.86. The van der Waals surface area contributed by atoms with Crippen LogP contribution in [0.3, 0.4) is 0 Å². The Kier molecular flexibility index (Phi) is 4.91. The molecule has 96 valence electrons. The summed E-state index contributed by atoms with van der Waals surface area (Å²) in [5.41, 5.74) is 0.326. The van der Waals surface area contributed by atoms with Gasteiger partial charge in [-0.3, -0.25) is 4.98 Å². The molecule has 1 aromatic rings. The Morgan fingerprint density at radius 1 is 1.53 bits per heavy atom. The zero-order valence-electron chi connectivity index (χ0n) is 10.7. The molecular weight excluding hydrogens is 239 g/mol. The van der Waals surface area contributed by atoms with Gasteiger partial charge in [0, 0.05) is 17.6 Å². The Hall–Kier alpha value is -0.650. The van der Waals surface area contributed by atoms with Crippen molar-refractivity contribution in [2.75, 3.05) is 0 Å². The molecule has 1 rings (SSSR count). The van der Waals surface area contributed by atoms with Gasteiger partial charge in [0.15, 0.2) is 0 Å². The smallest absolute Gasteiger partial charge is 0.146 e. The highest BCUT2D eigenvalue weighted by Crippen LogP contribution is 2.22. The Balaban J connectivity index is 2.83. The van der Waals surface area contributed by atoms with E-state index in [0.29, 0.717) is 12.1 Å². The summed E-state index contributed by atoms with van der Waals surface area (Å²) in [7, 11) is 0. The van der Waals surface area contributed by atoms with Crippen LogP contribution in [0.5, 0.6) is 0 Å². The number of rotatable bonds is 4. The summed E-state index contributed by atoms with van der Waals surface area (Å²) in [6, 6.07) is 2.59. The highest BCUT2D eigenvalue weighted by Gasteiger charge is 2.30. The third-order valence-electron chi connectivity index (χ3n) is 2.33. The molecule has 0 bridgehead atoms. The van der Waals surface area contributed by atoms with Crippen molar-refractivity contribution in [3.05, 3.63) is 29.8 Å². The molecule has 0 aliphatic rings. The van der Waals surface area contributed by atoms with E-state index in [1.54, 1.807) is 12.3 Å². The van der Waals surface area contributed by atoms with Crippen LogP contribution in [0.15, 0.2) is 18.3 Å². The van der Waals surface area contributed by atoms with E-state index in [-0.39, 0.29) is 16.6 Å². The van der Waals surface area contributed by atoms with Gasteiger partial charge in [0.25, 0.3) is 0 Å². The number of aromatic nitrogens is 1. The van der Waals surface area contributed by atoms with Crippen LogP contribution in [-0.4, -0.2) is 14.3 Å². The zero-order chi connectivity index (χ0) is 13.1. The largest absolute Gasteiger partial charge is 0.598 e. The molecule has 5 heteroatoms. The summed E-state index contributed by atoms with van der Waals surface area (Å²) in [6.07, 6.45) is 2.18. The average molecular weight is 258 g/mol. The van der Waals surface area contributed by atoms with Crippen LogP contribution in [0.4, 0.5) is 4.39 Å². The van der Waals surface area contributed by atoms with Crippen LogP contribution in [0, 0.1) is 5.82 Å². The second-order valence-corrected chi connectivity index (χ2v) is 6.83. The van der Waals surface area contributed by atoms with Gasteiger partial charge in [0.05, 0.1) is 11.7 Å². The molecular formula is C12H19FN2OS. The summed E-state index contributed by atoms with van der Waals surface area (Å²) in [6.45, 7) is 7.53. The van der Waals surface area contributed by atoms with Crippen LogP contribution in [0.25, 0.3) is 0 Å². The monoisotopic (exact) mass is 258 g/mol. The molecule has 0 aromatic carbocycles. The van der Waals surface area contributed by atoms with Gasteiger partial charge in [0.1, 0.15) is 10.6 Å². The highest BCUT2D eigenvalue weighted by atomic mass is 32.2. The van der Waals surface area contributed by atoms with Gasteiger partial charge < -0.3 is 4.55 Å². The molecule has 0 saturated carbocycles. The lowest BCUT2D eigenvalue weighted by molar-refractivity contribution is 0.497. The fraction of sp³-hybridized carbons (Fsp3) is 0.583. The van der Waals surface area contributed by atoms with Crippen molar-refractivity contribution >= 4 is 11.4 Å². The standard InChI is InChI=1S/C12H19FN2OS/c1-5-10(15-17(16)12(2,3)4)11-9(13)7-6-8-14-11/h6-8,10,15H,5H2,1-4H3/t10-,17?/m1/s1. The minimum absolute atomic E-state index is 0.323. The average Bonchev–Trinajstić information content (AvgIpc) is 2.25. The van der Waals surface area contributed by atoms with Gasteiger partial charge in [0.2, 0.25) is 0 Å². The van der Waals surface area contributed by atoms with E-state index in [0.717, 1.165) is 0 Å². The Labute approximate surface area is 105 Å². The lowest BCUT2D eigenvalue weighted by Gasteiger charge is -2.27.